The molecule has 32 heavy (non-hydrogen) atoms. The lowest BCUT2D eigenvalue weighted by Crippen LogP contribution is -2.57. The van der Waals surface area contributed by atoms with E-state index in [1.165, 1.54) is 51.4 Å². The van der Waals surface area contributed by atoms with Gasteiger partial charge in [0.15, 0.2) is 0 Å². The minimum Gasteiger partial charge on any atom is -0.458 e. The molecule has 11 atom stereocenters. The van der Waals surface area contributed by atoms with Gasteiger partial charge in [0.05, 0.1) is 6.10 Å². The van der Waals surface area contributed by atoms with E-state index in [2.05, 4.69) is 32.9 Å². The van der Waals surface area contributed by atoms with Gasteiger partial charge in [0.1, 0.15) is 6.10 Å². The van der Waals surface area contributed by atoms with Crippen molar-refractivity contribution >= 4 is 5.97 Å². The molecule has 5 aliphatic rings. The zero-order valence-electron chi connectivity index (χ0n) is 21.4. The maximum absolute atomic E-state index is 12.1. The van der Waals surface area contributed by atoms with Gasteiger partial charge in [-0.25, -0.2) is 0 Å². The summed E-state index contributed by atoms with van der Waals surface area (Å²) in [5.74, 6) is 4.36. The summed E-state index contributed by atoms with van der Waals surface area (Å²) in [7, 11) is 1.99. The fourth-order valence-electron chi connectivity index (χ4n) is 10.5. The maximum atomic E-state index is 12.1. The highest BCUT2D eigenvalue weighted by Crippen LogP contribution is 2.82. The smallest absolute Gasteiger partial charge is 0.306 e. The Balaban J connectivity index is 1.40. The van der Waals surface area contributed by atoms with E-state index >= 15 is 0 Å². The molecule has 0 amide bonds. The van der Waals surface area contributed by atoms with Crippen LogP contribution >= 0.6 is 0 Å². The SMILES string of the molecule is C/C=C\[C@H](OC(=O)CC)[C@@H](C)[C@H]1CC[C@H]2[C@@H]3C[C@@H](OC)[C@]45C[C@H]4CC[C@]5(C)[C@H]3CC[C@]12C. The lowest BCUT2D eigenvalue weighted by Gasteiger charge is -2.61. The number of ether oxygens (including phenoxy) is 2. The molecule has 3 nitrogen and oxygen atoms in total. The quantitative estimate of drug-likeness (QED) is 0.335. The number of fused-ring (bicyclic) bond motifs is 4. The molecule has 0 aromatic heterocycles. The van der Waals surface area contributed by atoms with Crippen LogP contribution in [0.15, 0.2) is 12.2 Å². The van der Waals surface area contributed by atoms with E-state index in [4.69, 9.17) is 9.47 Å². The Bertz CT molecular complexity index is 774. The van der Waals surface area contributed by atoms with Gasteiger partial charge in [0.2, 0.25) is 0 Å². The molecule has 3 heteroatoms. The molecule has 0 N–H and O–H groups in total. The molecule has 5 fully saturated rings. The minimum absolute atomic E-state index is 0.0722. The Labute approximate surface area is 196 Å². The topological polar surface area (TPSA) is 35.5 Å². The van der Waals surface area contributed by atoms with E-state index in [-0.39, 0.29) is 12.1 Å². The molecule has 0 saturated heterocycles. The number of allylic oxidation sites excluding steroid dienone is 1. The highest BCUT2D eigenvalue weighted by molar-refractivity contribution is 5.69. The first kappa shape index (κ1) is 22.9. The fourth-order valence-corrected chi connectivity index (χ4v) is 10.5. The van der Waals surface area contributed by atoms with Gasteiger partial charge in [0, 0.05) is 24.9 Å². The van der Waals surface area contributed by atoms with Crippen LogP contribution in [0, 0.1) is 51.8 Å². The predicted octanol–water partition coefficient (Wildman–Crippen LogP) is 6.80. The first-order chi connectivity index (χ1) is 15.3. The van der Waals surface area contributed by atoms with Gasteiger partial charge in [-0.1, -0.05) is 33.8 Å². The van der Waals surface area contributed by atoms with Gasteiger partial charge in [-0.3, -0.25) is 4.79 Å². The summed E-state index contributed by atoms with van der Waals surface area (Å²) in [5, 5.41) is 0. The first-order valence-electron chi connectivity index (χ1n) is 13.6. The Morgan fingerprint density at radius 1 is 1.12 bits per heavy atom. The molecule has 0 radical (unpaired) electrons. The van der Waals surface area contributed by atoms with Crippen LogP contribution in [0.3, 0.4) is 0 Å². The second-order valence-electron chi connectivity index (χ2n) is 12.7. The number of hydrogen-bond acceptors (Lipinski definition) is 3. The summed E-state index contributed by atoms with van der Waals surface area (Å²) in [4.78, 5) is 12.1. The summed E-state index contributed by atoms with van der Waals surface area (Å²) in [6.07, 6.45) is 16.0. The summed E-state index contributed by atoms with van der Waals surface area (Å²) in [6, 6.07) is 0. The normalized spacial score (nSPS) is 50.8. The molecule has 0 heterocycles. The average molecular weight is 443 g/mol. The fraction of sp³-hybridized carbons (Fsp3) is 0.897. The average Bonchev–Trinajstić information content (AvgIpc) is 3.29. The van der Waals surface area contributed by atoms with Crippen LogP contribution < -0.4 is 0 Å². The number of carbonyl (C=O) groups is 1. The van der Waals surface area contributed by atoms with Crippen LogP contribution in [0.25, 0.3) is 0 Å². The molecular formula is C29H46O3. The zero-order chi connectivity index (χ0) is 22.9. The van der Waals surface area contributed by atoms with Crippen molar-refractivity contribution in [2.75, 3.05) is 7.11 Å². The van der Waals surface area contributed by atoms with Crippen molar-refractivity contribution in [3.63, 3.8) is 0 Å². The van der Waals surface area contributed by atoms with E-state index < -0.39 is 0 Å². The lowest BCUT2D eigenvalue weighted by atomic mass is 9.45. The molecule has 0 aliphatic heterocycles. The van der Waals surface area contributed by atoms with Crippen LogP contribution in [0.2, 0.25) is 0 Å². The van der Waals surface area contributed by atoms with Crippen molar-refractivity contribution in [2.24, 2.45) is 51.8 Å². The molecule has 0 aromatic rings. The Morgan fingerprint density at radius 2 is 1.91 bits per heavy atom. The summed E-state index contributed by atoms with van der Waals surface area (Å²) in [5.41, 5.74) is 1.36. The van der Waals surface area contributed by atoms with Crippen molar-refractivity contribution in [2.45, 2.75) is 105 Å². The number of methoxy groups -OCH3 is 1. The largest absolute Gasteiger partial charge is 0.458 e. The summed E-state index contributed by atoms with van der Waals surface area (Å²) >= 11 is 0. The lowest BCUT2D eigenvalue weighted by molar-refractivity contribution is -0.165. The van der Waals surface area contributed by atoms with Gasteiger partial charge in [-0.2, -0.15) is 0 Å². The van der Waals surface area contributed by atoms with E-state index in [1.54, 1.807) is 0 Å². The third-order valence-electron chi connectivity index (χ3n) is 12.0. The monoisotopic (exact) mass is 442 g/mol. The first-order valence-corrected chi connectivity index (χ1v) is 13.6. The van der Waals surface area contributed by atoms with E-state index in [0.717, 1.165) is 23.7 Å². The van der Waals surface area contributed by atoms with Crippen LogP contribution in [0.1, 0.15) is 92.4 Å². The maximum Gasteiger partial charge on any atom is 0.306 e. The number of hydrogen-bond donors (Lipinski definition) is 0. The van der Waals surface area contributed by atoms with Gasteiger partial charge >= 0.3 is 5.97 Å². The molecule has 0 unspecified atom stereocenters. The van der Waals surface area contributed by atoms with Crippen molar-refractivity contribution in [1.82, 2.24) is 0 Å². The molecule has 5 saturated carbocycles. The standard InChI is InChI=1S/C29H46O3/c1-7-9-24(32-26(30)8-2)18(3)21-10-11-22-20-16-25(31-6)29-17-19(29)12-15-28(29,5)23(20)13-14-27(21,22)4/h7,9,18-25H,8,10-17H2,1-6H3/b9-7-/t18-,19+,20-,21+,22-,23-,24-,25+,27+,28+,29-/m0/s1. The van der Waals surface area contributed by atoms with E-state index in [9.17, 15) is 4.79 Å². The molecule has 180 valence electrons. The molecule has 5 rings (SSSR count). The molecule has 1 spiro atoms. The van der Waals surface area contributed by atoms with Crippen molar-refractivity contribution in [3.8, 4) is 0 Å². The number of carbonyl (C=O) groups excluding carboxylic acids is 1. The molecule has 0 aromatic carbocycles. The van der Waals surface area contributed by atoms with Crippen LogP contribution in [0.4, 0.5) is 0 Å². The number of rotatable bonds is 6. The molecule has 5 aliphatic carbocycles. The van der Waals surface area contributed by atoms with Crippen LogP contribution in [-0.2, 0) is 14.3 Å². The Hall–Kier alpha value is -0.830. The van der Waals surface area contributed by atoms with Gasteiger partial charge in [-0.15, -0.1) is 0 Å². The van der Waals surface area contributed by atoms with Gasteiger partial charge in [-0.05, 0) is 105 Å². The van der Waals surface area contributed by atoms with Gasteiger partial charge in [0.25, 0.3) is 0 Å². The second-order valence-corrected chi connectivity index (χ2v) is 12.7. The number of esters is 1. The highest BCUT2D eigenvalue weighted by Gasteiger charge is 2.77. The zero-order valence-corrected chi connectivity index (χ0v) is 21.4. The van der Waals surface area contributed by atoms with Crippen LogP contribution in [-0.4, -0.2) is 25.3 Å². The second kappa shape index (κ2) is 7.85. The summed E-state index contributed by atoms with van der Waals surface area (Å²) in [6.45, 7) is 11.5. The molecule has 0 bridgehead atoms. The third kappa shape index (κ3) is 2.91. The van der Waals surface area contributed by atoms with Crippen molar-refractivity contribution in [3.05, 3.63) is 12.2 Å². The predicted molar refractivity (Wildman–Crippen MR) is 128 cm³/mol. The van der Waals surface area contributed by atoms with Crippen LogP contribution in [0.5, 0.6) is 0 Å². The highest BCUT2D eigenvalue weighted by atomic mass is 16.5. The van der Waals surface area contributed by atoms with Gasteiger partial charge < -0.3 is 9.47 Å². The van der Waals surface area contributed by atoms with Crippen molar-refractivity contribution in [1.29, 1.82) is 0 Å². The summed E-state index contributed by atoms with van der Waals surface area (Å²) < 4.78 is 12.2. The molecular weight excluding hydrogens is 396 g/mol. The van der Waals surface area contributed by atoms with Crippen molar-refractivity contribution < 1.29 is 14.3 Å². The third-order valence-corrected chi connectivity index (χ3v) is 12.0. The van der Waals surface area contributed by atoms with E-state index in [0.29, 0.717) is 40.6 Å². The van der Waals surface area contributed by atoms with E-state index in [1.807, 2.05) is 21.0 Å². The Morgan fingerprint density at radius 3 is 2.56 bits per heavy atom. The Kier molecular flexibility index (Phi) is 5.63. The minimum atomic E-state index is -0.0910.